The number of likely N-dealkylation sites (tertiary alicyclic amines) is 1. The number of nitrogens with zero attached hydrogens (tertiary/aromatic N) is 2. The lowest BCUT2D eigenvalue weighted by atomic mass is 9.95. The van der Waals surface area contributed by atoms with Crippen LogP contribution in [0.25, 0.3) is 0 Å². The molecular formula is C25H34N4O3S. The second-order valence-corrected chi connectivity index (χ2v) is 10.2. The third-order valence-electron chi connectivity index (χ3n) is 6.26. The molecule has 7 nitrogen and oxygen atoms in total. The Kier molecular flexibility index (Phi) is 8.14. The number of nitrogens with one attached hydrogen (secondary N) is 2. The highest BCUT2D eigenvalue weighted by Gasteiger charge is 2.27. The smallest absolute Gasteiger partial charge is 0.265 e. The summed E-state index contributed by atoms with van der Waals surface area (Å²) in [6.45, 7) is 9.80. The molecule has 0 saturated carbocycles. The predicted molar refractivity (Wildman–Crippen MR) is 133 cm³/mol. The van der Waals surface area contributed by atoms with Crippen LogP contribution < -0.4 is 10.6 Å². The molecule has 4 rings (SSSR count). The monoisotopic (exact) mass is 470 g/mol. The maximum Gasteiger partial charge on any atom is 0.265 e. The van der Waals surface area contributed by atoms with Crippen LogP contribution in [0.15, 0.2) is 41.8 Å². The van der Waals surface area contributed by atoms with E-state index in [9.17, 15) is 9.59 Å². The van der Waals surface area contributed by atoms with Crippen molar-refractivity contribution in [3.05, 3.63) is 46.7 Å². The SMILES string of the molecule is CC1CN(CC2CCN(CC(=O)Nc3ccc(NC(=O)c4cccs4)cc3)CC2)CC(C)O1. The van der Waals surface area contributed by atoms with Gasteiger partial charge in [-0.25, -0.2) is 0 Å². The summed E-state index contributed by atoms with van der Waals surface area (Å²) in [4.78, 5) is 30.1. The van der Waals surface area contributed by atoms with Gasteiger partial charge < -0.3 is 15.4 Å². The van der Waals surface area contributed by atoms with Crippen molar-refractivity contribution in [3.63, 3.8) is 0 Å². The Labute approximate surface area is 200 Å². The van der Waals surface area contributed by atoms with Gasteiger partial charge in [0, 0.05) is 31.0 Å². The molecule has 2 aliphatic heterocycles. The van der Waals surface area contributed by atoms with E-state index in [1.807, 2.05) is 23.6 Å². The van der Waals surface area contributed by atoms with Crippen LogP contribution in [0.2, 0.25) is 0 Å². The highest BCUT2D eigenvalue weighted by molar-refractivity contribution is 7.12. The first-order valence-electron chi connectivity index (χ1n) is 11.8. The maximum atomic E-state index is 12.5. The van der Waals surface area contributed by atoms with Crippen LogP contribution in [0.1, 0.15) is 36.4 Å². The molecule has 178 valence electrons. The fourth-order valence-electron chi connectivity index (χ4n) is 4.77. The Morgan fingerprint density at radius 2 is 1.61 bits per heavy atom. The van der Waals surface area contributed by atoms with Gasteiger partial charge in [0.05, 0.1) is 23.6 Å². The van der Waals surface area contributed by atoms with Crippen LogP contribution in [0.3, 0.4) is 0 Å². The van der Waals surface area contributed by atoms with Crippen molar-refractivity contribution in [2.24, 2.45) is 5.92 Å². The number of piperidine rings is 1. The maximum absolute atomic E-state index is 12.5. The fraction of sp³-hybridized carbons (Fsp3) is 0.520. The molecule has 2 amide bonds. The first-order valence-corrected chi connectivity index (χ1v) is 12.7. The van der Waals surface area contributed by atoms with E-state index in [0.717, 1.165) is 51.3 Å². The fourth-order valence-corrected chi connectivity index (χ4v) is 5.39. The van der Waals surface area contributed by atoms with Crippen LogP contribution >= 0.6 is 11.3 Å². The van der Waals surface area contributed by atoms with Gasteiger partial charge in [0.25, 0.3) is 5.91 Å². The summed E-state index contributed by atoms with van der Waals surface area (Å²) in [7, 11) is 0. The lowest BCUT2D eigenvalue weighted by Gasteiger charge is -2.39. The molecule has 0 bridgehead atoms. The van der Waals surface area contributed by atoms with Crippen LogP contribution in [-0.2, 0) is 9.53 Å². The third-order valence-corrected chi connectivity index (χ3v) is 7.13. The summed E-state index contributed by atoms with van der Waals surface area (Å²) in [5.41, 5.74) is 1.44. The van der Waals surface area contributed by atoms with E-state index in [2.05, 4.69) is 34.3 Å². The summed E-state index contributed by atoms with van der Waals surface area (Å²) in [5, 5.41) is 7.72. The van der Waals surface area contributed by atoms with Crippen LogP contribution in [0.5, 0.6) is 0 Å². The average molecular weight is 471 g/mol. The number of benzene rings is 1. The molecule has 2 unspecified atom stereocenters. The second kappa shape index (κ2) is 11.2. The predicted octanol–water partition coefficient (Wildman–Crippen LogP) is 3.76. The van der Waals surface area contributed by atoms with E-state index < -0.39 is 0 Å². The molecule has 2 atom stereocenters. The molecular weight excluding hydrogens is 436 g/mol. The average Bonchev–Trinajstić information content (AvgIpc) is 3.31. The quantitative estimate of drug-likeness (QED) is 0.645. The summed E-state index contributed by atoms with van der Waals surface area (Å²) >= 11 is 1.41. The molecule has 2 N–H and O–H groups in total. The van der Waals surface area contributed by atoms with Gasteiger partial charge in [0.1, 0.15) is 0 Å². The Hall–Kier alpha value is -2.26. The number of hydrogen-bond acceptors (Lipinski definition) is 6. The molecule has 33 heavy (non-hydrogen) atoms. The Morgan fingerprint density at radius 1 is 0.970 bits per heavy atom. The molecule has 2 saturated heterocycles. The van der Waals surface area contributed by atoms with E-state index in [-0.39, 0.29) is 11.8 Å². The van der Waals surface area contributed by atoms with Crippen molar-refractivity contribution in [1.29, 1.82) is 0 Å². The van der Waals surface area contributed by atoms with Gasteiger partial charge in [-0.05, 0) is 81.4 Å². The summed E-state index contributed by atoms with van der Waals surface area (Å²) in [6.07, 6.45) is 2.88. The second-order valence-electron chi connectivity index (χ2n) is 9.25. The third kappa shape index (κ3) is 7.11. The largest absolute Gasteiger partial charge is 0.373 e. The molecule has 0 aliphatic carbocycles. The van der Waals surface area contributed by atoms with Crippen molar-refractivity contribution in [3.8, 4) is 0 Å². The van der Waals surface area contributed by atoms with Crippen molar-refractivity contribution in [2.75, 3.05) is 49.9 Å². The standard InChI is InChI=1S/C25H34N4O3S/c1-18-14-29(15-19(2)32-18)16-20-9-11-28(12-10-20)17-24(30)26-21-5-7-22(8-6-21)27-25(31)23-4-3-13-33-23/h3-8,13,18-20H,9-12,14-17H2,1-2H3,(H,26,30)(H,27,31). The minimum absolute atomic E-state index is 0.000324. The van der Waals surface area contributed by atoms with Gasteiger partial charge in [-0.3, -0.25) is 19.4 Å². The molecule has 1 aromatic heterocycles. The zero-order chi connectivity index (χ0) is 23.2. The number of amides is 2. The highest BCUT2D eigenvalue weighted by atomic mass is 32.1. The number of thiophene rings is 1. The van der Waals surface area contributed by atoms with Gasteiger partial charge in [0.15, 0.2) is 0 Å². The van der Waals surface area contributed by atoms with E-state index in [4.69, 9.17) is 4.74 Å². The van der Waals surface area contributed by atoms with Crippen molar-refractivity contribution in [2.45, 2.75) is 38.9 Å². The lowest BCUT2D eigenvalue weighted by Crippen LogP contribution is -2.48. The zero-order valence-corrected chi connectivity index (χ0v) is 20.3. The van der Waals surface area contributed by atoms with Gasteiger partial charge in [-0.1, -0.05) is 6.07 Å². The van der Waals surface area contributed by atoms with Crippen molar-refractivity contribution in [1.82, 2.24) is 9.80 Å². The van der Waals surface area contributed by atoms with Crippen LogP contribution in [0, 0.1) is 5.92 Å². The number of hydrogen-bond donors (Lipinski definition) is 2. The topological polar surface area (TPSA) is 73.9 Å². The highest BCUT2D eigenvalue weighted by Crippen LogP contribution is 2.21. The normalized spacial score (nSPS) is 22.7. The summed E-state index contributed by atoms with van der Waals surface area (Å²) in [6, 6.07) is 10.9. The molecule has 2 aliphatic rings. The first-order chi connectivity index (χ1) is 15.9. The molecule has 3 heterocycles. The Balaban J connectivity index is 1.17. The minimum Gasteiger partial charge on any atom is -0.373 e. The number of rotatable bonds is 7. The van der Waals surface area contributed by atoms with Crippen molar-refractivity contribution >= 4 is 34.5 Å². The van der Waals surface area contributed by atoms with Gasteiger partial charge in [-0.15, -0.1) is 11.3 Å². The number of morpholine rings is 1. The molecule has 0 spiro atoms. The van der Waals surface area contributed by atoms with Gasteiger partial charge in [-0.2, -0.15) is 0 Å². The van der Waals surface area contributed by atoms with Crippen LogP contribution in [-0.4, -0.2) is 73.1 Å². The molecule has 2 fully saturated rings. The van der Waals surface area contributed by atoms with Crippen LogP contribution in [0.4, 0.5) is 11.4 Å². The van der Waals surface area contributed by atoms with E-state index >= 15 is 0 Å². The number of carbonyl (C=O) groups excluding carboxylic acids is 2. The molecule has 0 radical (unpaired) electrons. The van der Waals surface area contributed by atoms with Gasteiger partial charge in [0.2, 0.25) is 5.91 Å². The minimum atomic E-state index is -0.122. The number of carbonyl (C=O) groups is 2. The lowest BCUT2D eigenvalue weighted by molar-refractivity contribution is -0.117. The molecule has 1 aromatic carbocycles. The van der Waals surface area contributed by atoms with E-state index in [0.29, 0.717) is 35.2 Å². The van der Waals surface area contributed by atoms with Gasteiger partial charge >= 0.3 is 0 Å². The van der Waals surface area contributed by atoms with E-state index in [1.165, 1.54) is 11.3 Å². The number of ether oxygens (including phenoxy) is 1. The Bertz CT molecular complexity index is 900. The molecule has 2 aromatic rings. The summed E-state index contributed by atoms with van der Waals surface area (Å²) < 4.78 is 5.84. The number of anilines is 2. The zero-order valence-electron chi connectivity index (χ0n) is 19.5. The Morgan fingerprint density at radius 3 is 2.21 bits per heavy atom. The molecule has 8 heteroatoms. The van der Waals surface area contributed by atoms with E-state index in [1.54, 1.807) is 18.2 Å². The summed E-state index contributed by atoms with van der Waals surface area (Å²) in [5.74, 6) is 0.571. The van der Waals surface area contributed by atoms with Crippen molar-refractivity contribution < 1.29 is 14.3 Å². The first kappa shape index (κ1) is 23.9.